The lowest BCUT2D eigenvalue weighted by molar-refractivity contribution is 0.0787. The van der Waals surface area contributed by atoms with Gasteiger partial charge in [0.05, 0.1) is 13.7 Å². The lowest BCUT2D eigenvalue weighted by Crippen LogP contribution is -2.33. The average molecular weight is 424 g/mol. The van der Waals surface area contributed by atoms with Crippen LogP contribution in [-0.4, -0.2) is 60.2 Å². The largest absolute Gasteiger partial charge is 0.496 e. The Hall–Kier alpha value is -2.80. The van der Waals surface area contributed by atoms with Gasteiger partial charge in [0.1, 0.15) is 17.1 Å². The molecule has 3 aliphatic heterocycles. The van der Waals surface area contributed by atoms with E-state index in [0.29, 0.717) is 24.3 Å². The lowest BCUT2D eigenvalue weighted by Gasteiger charge is -2.21. The minimum atomic E-state index is -0.0960. The molecule has 0 N–H and O–H groups in total. The van der Waals surface area contributed by atoms with E-state index < -0.39 is 0 Å². The van der Waals surface area contributed by atoms with Gasteiger partial charge in [0, 0.05) is 63.9 Å². The van der Waals surface area contributed by atoms with E-state index >= 15 is 0 Å². The minimum Gasteiger partial charge on any atom is -0.496 e. The number of nitrogens with zero attached hydrogens (tertiary/aromatic N) is 3. The fourth-order valence-corrected chi connectivity index (χ4v) is 5.02. The smallest absolute Gasteiger partial charge is 0.259 e. The number of amides is 1. The molecule has 4 heterocycles. The molecular weight excluding hydrogens is 394 g/mol. The first kappa shape index (κ1) is 20.1. The molecule has 0 atom stereocenters. The van der Waals surface area contributed by atoms with Crippen molar-refractivity contribution >= 4 is 5.91 Å². The number of rotatable bonds is 4. The Bertz CT molecular complexity index is 1060. The first-order valence-corrected chi connectivity index (χ1v) is 11.2. The number of ether oxygens (including phenoxy) is 2. The summed E-state index contributed by atoms with van der Waals surface area (Å²) >= 11 is 0. The van der Waals surface area contributed by atoms with Gasteiger partial charge in [-0.1, -0.05) is 12.1 Å². The van der Waals surface area contributed by atoms with Crippen LogP contribution in [0.2, 0.25) is 0 Å². The van der Waals surface area contributed by atoms with Crippen LogP contribution in [0.1, 0.15) is 40.0 Å². The maximum atomic E-state index is 13.3. The third-order valence-corrected chi connectivity index (χ3v) is 6.67. The van der Waals surface area contributed by atoms with Crippen LogP contribution in [0, 0.1) is 0 Å². The maximum absolute atomic E-state index is 13.3. The van der Waals surface area contributed by atoms with Gasteiger partial charge in [0.2, 0.25) is 0 Å². The second-order valence-electron chi connectivity index (χ2n) is 8.59. The van der Waals surface area contributed by atoms with Crippen molar-refractivity contribution in [2.75, 3.05) is 39.9 Å². The number of pyridine rings is 1. The molecule has 5 rings (SSSR count). The van der Waals surface area contributed by atoms with Gasteiger partial charge in [-0.15, -0.1) is 0 Å². The number of methoxy groups -OCH3 is 1. The molecule has 0 radical (unpaired) electrons. The van der Waals surface area contributed by atoms with E-state index in [-0.39, 0.29) is 11.5 Å². The van der Waals surface area contributed by atoms with E-state index in [1.807, 2.05) is 4.90 Å². The Morgan fingerprint density at radius 3 is 2.71 bits per heavy atom. The maximum Gasteiger partial charge on any atom is 0.259 e. The molecule has 0 unspecified atom stereocenters. The molecule has 0 saturated carbocycles. The van der Waals surface area contributed by atoms with Gasteiger partial charge in [0.15, 0.2) is 0 Å². The predicted octanol–water partition coefficient (Wildman–Crippen LogP) is 2.09. The summed E-state index contributed by atoms with van der Waals surface area (Å²) in [7, 11) is 1.53. The molecule has 0 aliphatic carbocycles. The van der Waals surface area contributed by atoms with Gasteiger partial charge in [-0.2, -0.15) is 0 Å². The lowest BCUT2D eigenvalue weighted by atomic mass is 10.1. The first-order chi connectivity index (χ1) is 15.1. The van der Waals surface area contributed by atoms with Gasteiger partial charge in [-0.05, 0) is 30.0 Å². The van der Waals surface area contributed by atoms with E-state index in [9.17, 15) is 9.59 Å². The zero-order valence-electron chi connectivity index (χ0n) is 18.1. The number of benzene rings is 1. The van der Waals surface area contributed by atoms with Gasteiger partial charge < -0.3 is 18.9 Å². The molecule has 164 valence electrons. The van der Waals surface area contributed by atoms with E-state index in [1.54, 1.807) is 4.57 Å². The van der Waals surface area contributed by atoms with E-state index in [2.05, 4.69) is 23.1 Å². The highest BCUT2D eigenvalue weighted by molar-refractivity contribution is 5.98. The summed E-state index contributed by atoms with van der Waals surface area (Å²) < 4.78 is 12.9. The van der Waals surface area contributed by atoms with Crippen LogP contribution in [0.25, 0.3) is 0 Å². The van der Waals surface area contributed by atoms with Crippen LogP contribution in [0.3, 0.4) is 0 Å². The first-order valence-electron chi connectivity index (χ1n) is 11.2. The van der Waals surface area contributed by atoms with Gasteiger partial charge in [-0.3, -0.25) is 14.5 Å². The molecule has 2 aromatic rings. The average Bonchev–Trinajstić information content (AvgIpc) is 3.43. The molecule has 1 amide bonds. The van der Waals surface area contributed by atoms with Crippen LogP contribution in [0.5, 0.6) is 11.5 Å². The molecule has 7 heteroatoms. The molecular formula is C24H29N3O4. The van der Waals surface area contributed by atoms with Crippen LogP contribution in [0.4, 0.5) is 0 Å². The van der Waals surface area contributed by atoms with Gasteiger partial charge in [0.25, 0.3) is 11.5 Å². The summed E-state index contributed by atoms with van der Waals surface area (Å²) in [5.74, 6) is 1.39. The molecule has 0 bridgehead atoms. The highest BCUT2D eigenvalue weighted by atomic mass is 16.5. The number of likely N-dealkylation sites (tertiary alicyclic amines) is 1. The summed E-state index contributed by atoms with van der Waals surface area (Å²) in [5.41, 5.74) is 3.82. The fraction of sp³-hybridized carbons (Fsp3) is 0.500. The van der Waals surface area contributed by atoms with E-state index in [4.69, 9.17) is 9.47 Å². The Labute approximate surface area is 182 Å². The third kappa shape index (κ3) is 3.82. The summed E-state index contributed by atoms with van der Waals surface area (Å²) in [6.45, 7) is 5.26. The van der Waals surface area contributed by atoms with Crippen molar-refractivity contribution in [3.63, 3.8) is 0 Å². The number of hydrogen-bond donors (Lipinski definition) is 0. The summed E-state index contributed by atoms with van der Waals surface area (Å²) in [6, 6.07) is 7.90. The van der Waals surface area contributed by atoms with Crippen molar-refractivity contribution in [3.8, 4) is 11.5 Å². The Morgan fingerprint density at radius 2 is 1.90 bits per heavy atom. The fourth-order valence-electron chi connectivity index (χ4n) is 5.02. The van der Waals surface area contributed by atoms with Gasteiger partial charge in [-0.25, -0.2) is 0 Å². The van der Waals surface area contributed by atoms with Crippen LogP contribution in [0.15, 0.2) is 29.1 Å². The molecule has 3 aliphatic rings. The molecule has 0 spiro atoms. The molecule has 1 fully saturated rings. The standard InChI is InChI=1S/C24H29N3O4/c1-30-21-15-22(28)27-12-11-25(16-17-4-5-20-18(14-17)7-13-31-20)10-6-19(27)23(21)24(29)26-8-2-3-9-26/h4-5,14-15H,2-3,6-13,16H2,1H3. The van der Waals surface area contributed by atoms with Gasteiger partial charge >= 0.3 is 0 Å². The Kier molecular flexibility index (Phi) is 5.44. The topological polar surface area (TPSA) is 64.0 Å². The van der Waals surface area contributed by atoms with Crippen molar-refractivity contribution in [2.24, 2.45) is 0 Å². The quantitative estimate of drug-likeness (QED) is 0.754. The third-order valence-electron chi connectivity index (χ3n) is 6.67. The molecule has 7 nitrogen and oxygen atoms in total. The summed E-state index contributed by atoms with van der Waals surface area (Å²) in [6.07, 6.45) is 3.67. The molecule has 1 aromatic carbocycles. The molecule has 31 heavy (non-hydrogen) atoms. The number of carbonyl (C=O) groups excluding carboxylic acids is 1. The van der Waals surface area contributed by atoms with Crippen molar-refractivity contribution in [3.05, 3.63) is 57.0 Å². The van der Waals surface area contributed by atoms with Crippen molar-refractivity contribution < 1.29 is 14.3 Å². The number of carbonyl (C=O) groups is 1. The summed E-state index contributed by atoms with van der Waals surface area (Å²) in [4.78, 5) is 30.4. The highest BCUT2D eigenvalue weighted by Crippen LogP contribution is 2.28. The number of hydrogen-bond acceptors (Lipinski definition) is 5. The van der Waals surface area contributed by atoms with E-state index in [0.717, 1.165) is 70.0 Å². The Morgan fingerprint density at radius 1 is 1.06 bits per heavy atom. The van der Waals surface area contributed by atoms with Crippen molar-refractivity contribution in [1.29, 1.82) is 0 Å². The van der Waals surface area contributed by atoms with Crippen molar-refractivity contribution in [1.82, 2.24) is 14.4 Å². The van der Waals surface area contributed by atoms with Crippen LogP contribution < -0.4 is 15.0 Å². The zero-order valence-corrected chi connectivity index (χ0v) is 18.1. The SMILES string of the molecule is COc1cc(=O)n2c(c1C(=O)N1CCCC1)CCN(Cc1ccc3c(c1)CCO3)CC2. The Balaban J connectivity index is 1.41. The normalized spacial score (nSPS) is 18.3. The number of aromatic nitrogens is 1. The highest BCUT2D eigenvalue weighted by Gasteiger charge is 2.29. The van der Waals surface area contributed by atoms with Crippen LogP contribution in [-0.2, 0) is 25.9 Å². The summed E-state index contributed by atoms with van der Waals surface area (Å²) in [5, 5.41) is 0. The molecule has 1 aromatic heterocycles. The minimum absolute atomic E-state index is 0.00910. The van der Waals surface area contributed by atoms with Crippen molar-refractivity contribution in [2.45, 2.75) is 38.8 Å². The predicted molar refractivity (Wildman–Crippen MR) is 117 cm³/mol. The second kappa shape index (κ2) is 8.38. The van der Waals surface area contributed by atoms with E-state index in [1.165, 1.54) is 24.3 Å². The zero-order chi connectivity index (χ0) is 21.4. The molecule has 1 saturated heterocycles. The second-order valence-corrected chi connectivity index (χ2v) is 8.59. The monoisotopic (exact) mass is 423 g/mol. The number of fused-ring (bicyclic) bond motifs is 2. The van der Waals surface area contributed by atoms with Crippen LogP contribution >= 0.6 is 0 Å².